The third-order valence-corrected chi connectivity index (χ3v) is 5.71. The number of nitrogens with zero attached hydrogens (tertiary/aromatic N) is 2. The van der Waals surface area contributed by atoms with Crippen LogP contribution in [0, 0.1) is 12.8 Å². The molecule has 3 rings (SSSR count). The number of benzene rings is 1. The van der Waals surface area contributed by atoms with Crippen LogP contribution in [-0.2, 0) is 22.7 Å². The molecule has 1 saturated carbocycles. The molecule has 5 nitrogen and oxygen atoms in total. The van der Waals surface area contributed by atoms with Crippen molar-refractivity contribution in [2.24, 2.45) is 5.92 Å². The molecule has 154 valence electrons. The summed E-state index contributed by atoms with van der Waals surface area (Å²) < 4.78 is 0. The van der Waals surface area contributed by atoms with Crippen LogP contribution in [0.15, 0.2) is 48.8 Å². The topological polar surface area (TPSA) is 62.3 Å². The van der Waals surface area contributed by atoms with E-state index >= 15 is 0 Å². The van der Waals surface area contributed by atoms with Gasteiger partial charge in [0.25, 0.3) is 0 Å². The van der Waals surface area contributed by atoms with Crippen molar-refractivity contribution in [2.75, 3.05) is 6.54 Å². The molecule has 0 spiro atoms. The van der Waals surface area contributed by atoms with Crippen LogP contribution in [0.5, 0.6) is 0 Å². The number of carbonyl (C=O) groups excluding carboxylic acids is 2. The molecule has 1 fully saturated rings. The van der Waals surface area contributed by atoms with E-state index in [1.54, 1.807) is 17.3 Å². The molecule has 29 heavy (non-hydrogen) atoms. The van der Waals surface area contributed by atoms with E-state index in [9.17, 15) is 9.59 Å². The average molecular weight is 394 g/mol. The van der Waals surface area contributed by atoms with Gasteiger partial charge in [0, 0.05) is 31.9 Å². The van der Waals surface area contributed by atoms with Crippen LogP contribution in [0.2, 0.25) is 0 Å². The molecule has 1 aromatic heterocycles. The zero-order chi connectivity index (χ0) is 20.5. The molecule has 2 amide bonds. The van der Waals surface area contributed by atoms with E-state index in [1.165, 1.54) is 19.3 Å². The lowest BCUT2D eigenvalue weighted by Gasteiger charge is -2.25. The molecule has 2 aromatic rings. The Morgan fingerprint density at radius 2 is 1.86 bits per heavy atom. The zero-order valence-electron chi connectivity index (χ0n) is 17.3. The summed E-state index contributed by atoms with van der Waals surface area (Å²) >= 11 is 0. The van der Waals surface area contributed by atoms with E-state index in [-0.39, 0.29) is 18.4 Å². The third kappa shape index (κ3) is 6.70. The number of hydrogen-bond acceptors (Lipinski definition) is 3. The van der Waals surface area contributed by atoms with Gasteiger partial charge >= 0.3 is 0 Å². The van der Waals surface area contributed by atoms with E-state index in [1.807, 2.05) is 43.3 Å². The van der Waals surface area contributed by atoms with Crippen LogP contribution >= 0.6 is 0 Å². The summed E-state index contributed by atoms with van der Waals surface area (Å²) in [6.45, 7) is 3.07. The Labute approximate surface area is 173 Å². The summed E-state index contributed by atoms with van der Waals surface area (Å²) in [5.41, 5.74) is 3.24. The minimum Gasteiger partial charge on any atom is -0.347 e. The normalized spacial score (nSPS) is 14.4. The standard InChI is InChI=1S/C24H31N3O2/c1-19-8-5-6-12-22(19)18-27(17-21-11-7-13-25-15-21)24(29)16-26-23(28)14-20-9-3-2-4-10-20/h5-8,11-13,15,20H,2-4,9-10,14,16-18H2,1H3,(H,26,28). The fraction of sp³-hybridized carbons (Fsp3) is 0.458. The Morgan fingerprint density at radius 1 is 1.07 bits per heavy atom. The maximum Gasteiger partial charge on any atom is 0.242 e. The van der Waals surface area contributed by atoms with Crippen molar-refractivity contribution >= 4 is 11.8 Å². The van der Waals surface area contributed by atoms with Crippen LogP contribution in [-0.4, -0.2) is 28.2 Å². The zero-order valence-corrected chi connectivity index (χ0v) is 17.3. The van der Waals surface area contributed by atoms with Gasteiger partial charge in [-0.25, -0.2) is 0 Å². The minimum absolute atomic E-state index is 0.0116. The van der Waals surface area contributed by atoms with Crippen molar-refractivity contribution in [3.63, 3.8) is 0 Å². The highest BCUT2D eigenvalue weighted by Crippen LogP contribution is 2.26. The second-order valence-electron chi connectivity index (χ2n) is 8.02. The van der Waals surface area contributed by atoms with Gasteiger partial charge in [-0.05, 0) is 48.4 Å². The van der Waals surface area contributed by atoms with Crippen LogP contribution in [0.3, 0.4) is 0 Å². The molecule has 0 radical (unpaired) electrons. The molecule has 0 unspecified atom stereocenters. The molecular weight excluding hydrogens is 362 g/mol. The maximum atomic E-state index is 13.0. The Balaban J connectivity index is 1.60. The van der Waals surface area contributed by atoms with Crippen LogP contribution in [0.25, 0.3) is 0 Å². The van der Waals surface area contributed by atoms with Gasteiger partial charge in [0.05, 0.1) is 6.54 Å². The smallest absolute Gasteiger partial charge is 0.242 e. The van der Waals surface area contributed by atoms with Crippen molar-refractivity contribution in [1.29, 1.82) is 0 Å². The van der Waals surface area contributed by atoms with Crippen LogP contribution < -0.4 is 5.32 Å². The van der Waals surface area contributed by atoms with E-state index in [4.69, 9.17) is 0 Å². The largest absolute Gasteiger partial charge is 0.347 e. The summed E-state index contributed by atoms with van der Waals surface area (Å²) in [6, 6.07) is 11.9. The molecule has 0 saturated heterocycles. The van der Waals surface area contributed by atoms with Gasteiger partial charge in [-0.1, -0.05) is 49.6 Å². The highest BCUT2D eigenvalue weighted by atomic mass is 16.2. The van der Waals surface area contributed by atoms with Crippen molar-refractivity contribution in [1.82, 2.24) is 15.2 Å². The predicted octanol–water partition coefficient (Wildman–Crippen LogP) is 4.01. The summed E-state index contributed by atoms with van der Waals surface area (Å²) in [5, 5.41) is 2.85. The van der Waals surface area contributed by atoms with Gasteiger partial charge in [0.1, 0.15) is 0 Å². The molecule has 0 bridgehead atoms. The fourth-order valence-corrected chi connectivity index (χ4v) is 3.95. The third-order valence-electron chi connectivity index (χ3n) is 5.71. The highest BCUT2D eigenvalue weighted by molar-refractivity contribution is 5.84. The van der Waals surface area contributed by atoms with Crippen LogP contribution in [0.1, 0.15) is 55.2 Å². The van der Waals surface area contributed by atoms with E-state index in [0.717, 1.165) is 29.5 Å². The minimum atomic E-state index is -0.0749. The van der Waals surface area contributed by atoms with Crippen molar-refractivity contribution in [3.8, 4) is 0 Å². The Morgan fingerprint density at radius 3 is 2.59 bits per heavy atom. The number of aryl methyl sites for hydroxylation is 1. The molecule has 1 heterocycles. The quantitative estimate of drug-likeness (QED) is 0.737. The lowest BCUT2D eigenvalue weighted by Crippen LogP contribution is -2.40. The fourth-order valence-electron chi connectivity index (χ4n) is 3.95. The lowest BCUT2D eigenvalue weighted by molar-refractivity contribution is -0.134. The monoisotopic (exact) mass is 393 g/mol. The molecule has 1 aliphatic carbocycles. The van der Waals surface area contributed by atoms with Gasteiger partial charge in [-0.3, -0.25) is 14.6 Å². The summed E-state index contributed by atoms with van der Waals surface area (Å²) in [6.07, 6.45) is 10.00. The second-order valence-corrected chi connectivity index (χ2v) is 8.02. The Bertz CT molecular complexity index is 801. The second kappa shape index (κ2) is 10.7. The molecular formula is C24H31N3O2. The number of aromatic nitrogens is 1. The van der Waals surface area contributed by atoms with E-state index in [2.05, 4.69) is 10.3 Å². The summed E-state index contributed by atoms with van der Waals surface area (Å²) in [4.78, 5) is 31.2. The number of carbonyl (C=O) groups is 2. The summed E-state index contributed by atoms with van der Waals surface area (Å²) in [5.74, 6) is 0.383. The number of hydrogen-bond donors (Lipinski definition) is 1. The van der Waals surface area contributed by atoms with Crippen molar-refractivity contribution < 1.29 is 9.59 Å². The number of amides is 2. The first-order chi connectivity index (χ1) is 14.1. The Hall–Kier alpha value is -2.69. The molecule has 0 atom stereocenters. The van der Waals surface area contributed by atoms with Gasteiger partial charge in [0.15, 0.2) is 0 Å². The van der Waals surface area contributed by atoms with Crippen LogP contribution in [0.4, 0.5) is 0 Å². The molecule has 1 aromatic carbocycles. The number of nitrogens with one attached hydrogen (secondary N) is 1. The maximum absolute atomic E-state index is 13.0. The molecule has 5 heteroatoms. The highest BCUT2D eigenvalue weighted by Gasteiger charge is 2.19. The van der Waals surface area contributed by atoms with Crippen molar-refractivity contribution in [2.45, 2.75) is 58.5 Å². The molecule has 0 aliphatic heterocycles. The number of pyridine rings is 1. The van der Waals surface area contributed by atoms with E-state index < -0.39 is 0 Å². The number of rotatable bonds is 8. The Kier molecular flexibility index (Phi) is 7.79. The average Bonchev–Trinajstić information content (AvgIpc) is 2.74. The first-order valence-electron chi connectivity index (χ1n) is 10.6. The van der Waals surface area contributed by atoms with Gasteiger partial charge in [-0.2, -0.15) is 0 Å². The lowest BCUT2D eigenvalue weighted by atomic mass is 9.87. The van der Waals surface area contributed by atoms with Crippen molar-refractivity contribution in [3.05, 3.63) is 65.5 Å². The van der Waals surface area contributed by atoms with E-state index in [0.29, 0.717) is 25.4 Å². The summed E-state index contributed by atoms with van der Waals surface area (Å²) in [7, 11) is 0. The van der Waals surface area contributed by atoms with Gasteiger partial charge in [0.2, 0.25) is 11.8 Å². The predicted molar refractivity (Wildman–Crippen MR) is 114 cm³/mol. The first kappa shape index (κ1) is 21.0. The molecule has 1 N–H and O–H groups in total. The molecule has 1 aliphatic rings. The first-order valence-corrected chi connectivity index (χ1v) is 10.6. The van der Waals surface area contributed by atoms with Gasteiger partial charge < -0.3 is 10.2 Å². The SMILES string of the molecule is Cc1ccccc1CN(Cc1cccnc1)C(=O)CNC(=O)CC1CCCCC1. The van der Waals surface area contributed by atoms with Gasteiger partial charge in [-0.15, -0.1) is 0 Å².